The normalized spacial score (nSPS) is 10.3. The van der Waals surface area contributed by atoms with Crippen LogP contribution in [0.4, 0.5) is 4.39 Å². The third-order valence-electron chi connectivity index (χ3n) is 2.04. The molecule has 1 aromatic carbocycles. The predicted octanol–water partition coefficient (Wildman–Crippen LogP) is 2.20. The molecular formula is C11H13ClFNO. The van der Waals surface area contributed by atoms with Gasteiger partial charge in [0.1, 0.15) is 11.6 Å². The Morgan fingerprint density at radius 3 is 2.87 bits per heavy atom. The summed E-state index contributed by atoms with van der Waals surface area (Å²) in [5.74, 6) is -0.338. The standard InChI is InChI=1S/C11H13ClFNO/c1-14-5-4-9(15)6-8-2-3-11(13)10(12)7-8/h2-3,7,14H,4-6H2,1H3. The van der Waals surface area contributed by atoms with Crippen molar-refractivity contribution in [2.24, 2.45) is 0 Å². The number of carbonyl (C=O) groups is 1. The average Bonchev–Trinajstić information content (AvgIpc) is 2.20. The zero-order valence-corrected chi connectivity index (χ0v) is 9.27. The minimum absolute atomic E-state index is 0.0638. The van der Waals surface area contributed by atoms with Crippen LogP contribution in [0.5, 0.6) is 0 Å². The van der Waals surface area contributed by atoms with Gasteiger partial charge in [-0.25, -0.2) is 4.39 Å². The number of hydrogen-bond acceptors (Lipinski definition) is 2. The Hall–Kier alpha value is -0.930. The van der Waals surface area contributed by atoms with Crippen molar-refractivity contribution in [2.45, 2.75) is 12.8 Å². The van der Waals surface area contributed by atoms with Crippen LogP contribution in [0.3, 0.4) is 0 Å². The molecule has 15 heavy (non-hydrogen) atoms. The number of ketones is 1. The lowest BCUT2D eigenvalue weighted by Crippen LogP contribution is -2.14. The van der Waals surface area contributed by atoms with E-state index < -0.39 is 5.82 Å². The molecule has 0 amide bonds. The second-order valence-electron chi connectivity index (χ2n) is 3.32. The third-order valence-corrected chi connectivity index (χ3v) is 2.33. The van der Waals surface area contributed by atoms with Crippen molar-refractivity contribution in [3.05, 3.63) is 34.6 Å². The van der Waals surface area contributed by atoms with Crippen LogP contribution in [0.15, 0.2) is 18.2 Å². The summed E-state index contributed by atoms with van der Waals surface area (Å²) in [4.78, 5) is 11.4. The van der Waals surface area contributed by atoms with E-state index in [2.05, 4.69) is 5.32 Å². The first-order chi connectivity index (χ1) is 7.13. The lowest BCUT2D eigenvalue weighted by molar-refractivity contribution is -0.118. The number of nitrogens with one attached hydrogen (secondary N) is 1. The first-order valence-corrected chi connectivity index (χ1v) is 5.11. The zero-order valence-electron chi connectivity index (χ0n) is 8.52. The Labute approximate surface area is 93.4 Å². The van der Waals surface area contributed by atoms with Crippen molar-refractivity contribution >= 4 is 17.4 Å². The molecule has 1 N–H and O–H groups in total. The largest absolute Gasteiger partial charge is 0.319 e. The SMILES string of the molecule is CNCCC(=O)Cc1ccc(F)c(Cl)c1. The predicted molar refractivity (Wildman–Crippen MR) is 58.7 cm³/mol. The van der Waals surface area contributed by atoms with Crippen LogP contribution in [0.25, 0.3) is 0 Å². The van der Waals surface area contributed by atoms with Gasteiger partial charge in [-0.3, -0.25) is 4.79 Å². The summed E-state index contributed by atoms with van der Waals surface area (Å²) in [6.07, 6.45) is 0.785. The topological polar surface area (TPSA) is 29.1 Å². The lowest BCUT2D eigenvalue weighted by Gasteiger charge is -2.02. The number of hydrogen-bond donors (Lipinski definition) is 1. The van der Waals surface area contributed by atoms with Crippen molar-refractivity contribution in [1.82, 2.24) is 5.32 Å². The molecule has 4 heteroatoms. The summed E-state index contributed by atoms with van der Waals surface area (Å²) in [6.45, 7) is 0.660. The molecule has 0 unspecified atom stereocenters. The van der Waals surface area contributed by atoms with Gasteiger partial charge in [-0.15, -0.1) is 0 Å². The van der Waals surface area contributed by atoms with E-state index in [9.17, 15) is 9.18 Å². The maximum atomic E-state index is 12.8. The Balaban J connectivity index is 2.57. The molecule has 0 atom stereocenters. The van der Waals surface area contributed by atoms with Crippen molar-refractivity contribution in [1.29, 1.82) is 0 Å². The second kappa shape index (κ2) is 5.83. The van der Waals surface area contributed by atoms with Crippen molar-refractivity contribution in [3.8, 4) is 0 Å². The summed E-state index contributed by atoms with van der Waals surface area (Å²) < 4.78 is 12.8. The van der Waals surface area contributed by atoms with Gasteiger partial charge in [0.15, 0.2) is 0 Å². The smallest absolute Gasteiger partial charge is 0.141 e. The van der Waals surface area contributed by atoms with Gasteiger partial charge in [-0.1, -0.05) is 17.7 Å². The second-order valence-corrected chi connectivity index (χ2v) is 3.72. The zero-order chi connectivity index (χ0) is 11.3. The molecule has 0 fully saturated rings. The summed E-state index contributed by atoms with van der Waals surface area (Å²) in [5.41, 5.74) is 0.752. The van der Waals surface area contributed by atoms with Crippen molar-refractivity contribution in [2.75, 3.05) is 13.6 Å². The minimum atomic E-state index is -0.455. The van der Waals surface area contributed by atoms with Gasteiger partial charge in [-0.2, -0.15) is 0 Å². The average molecular weight is 230 g/mol. The van der Waals surface area contributed by atoms with Crippen molar-refractivity contribution < 1.29 is 9.18 Å². The van der Waals surface area contributed by atoms with Gasteiger partial charge in [0.25, 0.3) is 0 Å². The van der Waals surface area contributed by atoms with E-state index in [4.69, 9.17) is 11.6 Å². The van der Waals surface area contributed by atoms with Gasteiger partial charge in [0.05, 0.1) is 5.02 Å². The van der Waals surface area contributed by atoms with E-state index >= 15 is 0 Å². The van der Waals surface area contributed by atoms with Crippen molar-refractivity contribution in [3.63, 3.8) is 0 Å². The first-order valence-electron chi connectivity index (χ1n) is 4.73. The number of benzene rings is 1. The Morgan fingerprint density at radius 1 is 1.53 bits per heavy atom. The highest BCUT2D eigenvalue weighted by molar-refractivity contribution is 6.30. The van der Waals surface area contributed by atoms with Crippen LogP contribution < -0.4 is 5.32 Å². The summed E-state index contributed by atoms with van der Waals surface area (Å²) in [5, 5.41) is 2.96. The molecule has 82 valence electrons. The van der Waals surface area contributed by atoms with Gasteiger partial charge >= 0.3 is 0 Å². The van der Waals surface area contributed by atoms with E-state index in [1.165, 1.54) is 12.1 Å². The Morgan fingerprint density at radius 2 is 2.27 bits per heavy atom. The molecule has 0 bridgehead atoms. The summed E-state index contributed by atoms with van der Waals surface area (Å²) in [6, 6.07) is 4.36. The molecule has 0 aliphatic carbocycles. The highest BCUT2D eigenvalue weighted by Crippen LogP contribution is 2.16. The molecule has 1 aromatic rings. The van der Waals surface area contributed by atoms with Gasteiger partial charge in [0.2, 0.25) is 0 Å². The van der Waals surface area contributed by atoms with Gasteiger partial charge in [0, 0.05) is 19.4 Å². The quantitative estimate of drug-likeness (QED) is 0.839. The molecule has 0 aliphatic rings. The van der Waals surface area contributed by atoms with Crippen LogP contribution in [-0.2, 0) is 11.2 Å². The molecule has 0 aliphatic heterocycles. The van der Waals surface area contributed by atoms with E-state index in [-0.39, 0.29) is 10.8 Å². The van der Waals surface area contributed by atoms with Gasteiger partial charge < -0.3 is 5.32 Å². The van der Waals surface area contributed by atoms with E-state index in [0.717, 1.165) is 5.56 Å². The Kier molecular flexibility index (Phi) is 4.72. The molecule has 2 nitrogen and oxygen atoms in total. The highest BCUT2D eigenvalue weighted by atomic mass is 35.5. The number of carbonyl (C=O) groups excluding carboxylic acids is 1. The fraction of sp³-hybridized carbons (Fsp3) is 0.364. The Bertz CT molecular complexity index is 354. The van der Waals surface area contributed by atoms with Crippen LogP contribution in [0.1, 0.15) is 12.0 Å². The fourth-order valence-electron chi connectivity index (χ4n) is 1.23. The molecule has 0 saturated carbocycles. The molecule has 0 aromatic heterocycles. The van der Waals surface area contributed by atoms with Crippen LogP contribution in [0, 0.1) is 5.82 Å². The third kappa shape index (κ3) is 3.98. The molecule has 0 radical (unpaired) electrons. The summed E-state index contributed by atoms with van der Waals surface area (Å²) >= 11 is 5.60. The summed E-state index contributed by atoms with van der Waals surface area (Å²) in [7, 11) is 1.79. The fourth-order valence-corrected chi connectivity index (χ4v) is 1.43. The number of halogens is 2. The number of rotatable bonds is 5. The van der Waals surface area contributed by atoms with E-state index in [0.29, 0.717) is 19.4 Å². The first kappa shape index (κ1) is 12.1. The minimum Gasteiger partial charge on any atom is -0.319 e. The van der Waals surface area contributed by atoms with Crippen LogP contribution in [0.2, 0.25) is 5.02 Å². The molecule has 0 heterocycles. The monoisotopic (exact) mass is 229 g/mol. The molecule has 1 rings (SSSR count). The molecule has 0 spiro atoms. The highest BCUT2D eigenvalue weighted by Gasteiger charge is 2.05. The lowest BCUT2D eigenvalue weighted by atomic mass is 10.1. The van der Waals surface area contributed by atoms with Crippen LogP contribution >= 0.6 is 11.6 Å². The maximum Gasteiger partial charge on any atom is 0.141 e. The maximum absolute atomic E-state index is 12.8. The molecular weight excluding hydrogens is 217 g/mol. The van der Waals surface area contributed by atoms with Crippen LogP contribution in [-0.4, -0.2) is 19.4 Å². The van der Waals surface area contributed by atoms with E-state index in [1.807, 2.05) is 0 Å². The molecule has 0 saturated heterocycles. The van der Waals surface area contributed by atoms with Gasteiger partial charge in [-0.05, 0) is 24.7 Å². The van der Waals surface area contributed by atoms with E-state index in [1.54, 1.807) is 13.1 Å². The number of Topliss-reactive ketones (excluding diaryl/α,β-unsaturated/α-hetero) is 1.